The van der Waals surface area contributed by atoms with Gasteiger partial charge >= 0.3 is 0 Å². The van der Waals surface area contributed by atoms with Gasteiger partial charge in [-0.2, -0.15) is 0 Å². The van der Waals surface area contributed by atoms with Crippen molar-refractivity contribution in [3.63, 3.8) is 0 Å². The van der Waals surface area contributed by atoms with Gasteiger partial charge in [0.2, 0.25) is 0 Å². The number of hydrogen-bond acceptors (Lipinski definition) is 6. The Labute approximate surface area is 140 Å². The minimum absolute atomic E-state index is 0.0425. The first-order valence-corrected chi connectivity index (χ1v) is 8.42. The molecule has 1 atom stereocenters. The second-order valence-corrected chi connectivity index (χ2v) is 6.50. The van der Waals surface area contributed by atoms with Gasteiger partial charge < -0.3 is 19.0 Å². The third kappa shape index (κ3) is 2.80. The zero-order valence-corrected chi connectivity index (χ0v) is 13.7. The molecule has 118 valence electrons. The molecule has 23 heavy (non-hydrogen) atoms. The molecule has 0 saturated carbocycles. The second-order valence-electron chi connectivity index (χ2n) is 5.21. The number of amides is 1. The van der Waals surface area contributed by atoms with E-state index in [0.717, 1.165) is 10.5 Å². The molecule has 1 aromatic carbocycles. The lowest BCUT2D eigenvalue weighted by atomic mass is 10.1. The summed E-state index contributed by atoms with van der Waals surface area (Å²) in [5.41, 5.74) is 1.95. The van der Waals surface area contributed by atoms with Crippen LogP contribution < -0.4 is 0 Å². The van der Waals surface area contributed by atoms with E-state index in [1.165, 1.54) is 11.3 Å². The number of rotatable bonds is 2. The molecule has 1 aliphatic rings. The molecule has 1 saturated heterocycles. The highest BCUT2D eigenvalue weighted by Gasteiger charge is 2.27. The van der Waals surface area contributed by atoms with Crippen molar-refractivity contribution < 1.29 is 13.9 Å². The van der Waals surface area contributed by atoms with E-state index in [2.05, 4.69) is 9.97 Å². The van der Waals surface area contributed by atoms with Crippen molar-refractivity contribution in [2.24, 2.45) is 0 Å². The quantitative estimate of drug-likeness (QED) is 0.721. The Hall–Kier alpha value is -2.03. The van der Waals surface area contributed by atoms with Crippen LogP contribution >= 0.6 is 23.6 Å². The molecule has 1 N–H and O–H groups in total. The Morgan fingerprint density at radius 3 is 3.22 bits per heavy atom. The van der Waals surface area contributed by atoms with Crippen LogP contribution in [0.4, 0.5) is 0 Å². The van der Waals surface area contributed by atoms with Crippen molar-refractivity contribution >= 4 is 40.6 Å². The molecular weight excluding hydrogens is 334 g/mol. The topological polar surface area (TPSA) is 71.4 Å². The van der Waals surface area contributed by atoms with Crippen molar-refractivity contribution in [1.82, 2.24) is 14.9 Å². The third-order valence-corrected chi connectivity index (χ3v) is 4.80. The number of H-pyrrole nitrogens is 1. The molecule has 0 bridgehead atoms. The predicted molar refractivity (Wildman–Crippen MR) is 88.1 cm³/mol. The molecule has 1 fully saturated rings. The summed E-state index contributed by atoms with van der Waals surface area (Å²) in [5, 5.41) is 2.81. The first-order valence-electron chi connectivity index (χ1n) is 7.14. The summed E-state index contributed by atoms with van der Waals surface area (Å²) in [6.07, 6.45) is 1.59. The predicted octanol–water partition coefficient (Wildman–Crippen LogP) is 3.16. The van der Waals surface area contributed by atoms with E-state index in [1.54, 1.807) is 29.3 Å². The lowest BCUT2D eigenvalue weighted by molar-refractivity contribution is -0.0228. The number of nitrogens with one attached hydrogen (secondary N) is 1. The van der Waals surface area contributed by atoms with Gasteiger partial charge in [0.05, 0.1) is 18.7 Å². The Morgan fingerprint density at radius 2 is 2.39 bits per heavy atom. The number of aromatic nitrogens is 2. The number of oxazole rings is 1. The van der Waals surface area contributed by atoms with E-state index in [9.17, 15) is 4.79 Å². The number of benzene rings is 1. The molecule has 6 nitrogen and oxygen atoms in total. The lowest BCUT2D eigenvalue weighted by Crippen LogP contribution is -2.42. The summed E-state index contributed by atoms with van der Waals surface area (Å²) >= 11 is 6.51. The molecular formula is C15H13N3O3S2. The number of carbonyl (C=O) groups is 1. The van der Waals surface area contributed by atoms with Crippen LogP contribution in [0.5, 0.6) is 0 Å². The molecule has 1 aliphatic heterocycles. The average Bonchev–Trinajstić information content (AvgIpc) is 3.22. The normalized spacial score (nSPS) is 18.4. The second kappa shape index (κ2) is 5.88. The number of morpholine rings is 1. The van der Waals surface area contributed by atoms with Gasteiger partial charge in [0, 0.05) is 23.7 Å². The first kappa shape index (κ1) is 14.6. The maximum absolute atomic E-state index is 12.7. The fourth-order valence-corrected chi connectivity index (χ4v) is 3.51. The van der Waals surface area contributed by atoms with Gasteiger partial charge in [0.1, 0.15) is 11.1 Å². The maximum Gasteiger partial charge on any atom is 0.266 e. The van der Waals surface area contributed by atoms with Gasteiger partial charge in [-0.3, -0.25) is 4.79 Å². The van der Waals surface area contributed by atoms with E-state index >= 15 is 0 Å². The van der Waals surface area contributed by atoms with Gasteiger partial charge in [-0.1, -0.05) is 0 Å². The molecule has 3 aromatic rings. The highest BCUT2D eigenvalue weighted by molar-refractivity contribution is 7.71. The summed E-state index contributed by atoms with van der Waals surface area (Å²) < 4.78 is 11.1. The van der Waals surface area contributed by atoms with Gasteiger partial charge in [0.15, 0.2) is 5.58 Å². The minimum atomic E-state index is -0.160. The standard InChI is InChI=1S/C15H13N3O3S2/c19-14(9-1-2-10-11(7-9)21-15(22)17-10)18-4-5-20-12(8-18)13-16-3-6-23-13/h1-3,6-7,12H,4-5,8H2,(H,17,22)/t12-/m0/s1. The van der Waals surface area contributed by atoms with Crippen LogP contribution in [-0.4, -0.2) is 40.5 Å². The van der Waals surface area contributed by atoms with Crippen LogP contribution in [0, 0.1) is 4.84 Å². The number of aromatic amines is 1. The van der Waals surface area contributed by atoms with Crippen LogP contribution in [0.15, 0.2) is 34.2 Å². The average molecular weight is 347 g/mol. The van der Waals surface area contributed by atoms with Crippen LogP contribution in [0.2, 0.25) is 0 Å². The molecule has 0 unspecified atom stereocenters. The van der Waals surface area contributed by atoms with Crippen LogP contribution in [0.3, 0.4) is 0 Å². The molecule has 3 heterocycles. The Morgan fingerprint density at radius 1 is 1.48 bits per heavy atom. The first-order chi connectivity index (χ1) is 11.2. The molecule has 0 spiro atoms. The molecule has 0 radical (unpaired) electrons. The molecule has 4 rings (SSSR count). The SMILES string of the molecule is O=C(c1ccc2[nH]c(=S)oc2c1)N1CCO[C@H](c2nccs2)C1. The summed E-state index contributed by atoms with van der Waals surface area (Å²) in [7, 11) is 0. The Bertz CT molecular complexity index is 900. The van der Waals surface area contributed by atoms with Crippen molar-refractivity contribution in [2.75, 3.05) is 19.7 Å². The fraction of sp³-hybridized carbons (Fsp3) is 0.267. The fourth-order valence-electron chi connectivity index (χ4n) is 2.64. The van der Waals surface area contributed by atoms with Crippen molar-refractivity contribution in [1.29, 1.82) is 0 Å². The summed E-state index contributed by atoms with van der Waals surface area (Å²) in [5.74, 6) is -0.0425. The van der Waals surface area contributed by atoms with E-state index in [0.29, 0.717) is 35.7 Å². The van der Waals surface area contributed by atoms with E-state index in [4.69, 9.17) is 21.4 Å². The lowest BCUT2D eigenvalue weighted by Gasteiger charge is -2.32. The number of nitrogens with zero attached hydrogens (tertiary/aromatic N) is 2. The molecule has 1 amide bonds. The third-order valence-electron chi connectivity index (χ3n) is 3.75. The maximum atomic E-state index is 12.7. The monoisotopic (exact) mass is 347 g/mol. The number of ether oxygens (including phenoxy) is 1. The van der Waals surface area contributed by atoms with Crippen molar-refractivity contribution in [3.8, 4) is 0 Å². The summed E-state index contributed by atoms with van der Waals surface area (Å²) in [4.78, 5) is 22.0. The zero-order valence-electron chi connectivity index (χ0n) is 12.0. The summed E-state index contributed by atoms with van der Waals surface area (Å²) in [6.45, 7) is 1.57. The van der Waals surface area contributed by atoms with Crippen LogP contribution in [0.1, 0.15) is 21.5 Å². The van der Waals surface area contributed by atoms with E-state index in [-0.39, 0.29) is 12.0 Å². The highest BCUT2D eigenvalue weighted by Crippen LogP contribution is 2.25. The van der Waals surface area contributed by atoms with Gasteiger partial charge in [0.25, 0.3) is 10.7 Å². The zero-order chi connectivity index (χ0) is 15.8. The Kier molecular flexibility index (Phi) is 3.72. The van der Waals surface area contributed by atoms with Gasteiger partial charge in [-0.15, -0.1) is 11.3 Å². The Balaban J connectivity index is 1.58. The minimum Gasteiger partial charge on any atom is -0.429 e. The van der Waals surface area contributed by atoms with E-state index in [1.807, 2.05) is 5.38 Å². The highest BCUT2D eigenvalue weighted by atomic mass is 32.1. The van der Waals surface area contributed by atoms with Crippen LogP contribution in [-0.2, 0) is 4.74 Å². The number of carbonyl (C=O) groups excluding carboxylic acids is 1. The van der Waals surface area contributed by atoms with Gasteiger partial charge in [-0.05, 0) is 30.4 Å². The smallest absolute Gasteiger partial charge is 0.266 e. The van der Waals surface area contributed by atoms with Crippen LogP contribution in [0.25, 0.3) is 11.1 Å². The van der Waals surface area contributed by atoms with Crippen molar-refractivity contribution in [3.05, 3.63) is 45.2 Å². The largest absolute Gasteiger partial charge is 0.429 e. The molecule has 2 aromatic heterocycles. The summed E-state index contributed by atoms with van der Waals surface area (Å²) in [6, 6.07) is 5.30. The van der Waals surface area contributed by atoms with Gasteiger partial charge in [-0.25, -0.2) is 4.98 Å². The molecule has 8 heteroatoms. The number of fused-ring (bicyclic) bond motifs is 1. The van der Waals surface area contributed by atoms with E-state index < -0.39 is 0 Å². The number of thiazole rings is 1. The number of hydrogen-bond donors (Lipinski definition) is 1. The molecule has 0 aliphatic carbocycles. The van der Waals surface area contributed by atoms with Crippen molar-refractivity contribution in [2.45, 2.75) is 6.10 Å².